The molecule has 4 rings (SSSR count). The first-order valence-corrected chi connectivity index (χ1v) is 11.9. The lowest BCUT2D eigenvalue weighted by atomic mass is 10.0. The van der Waals surface area contributed by atoms with E-state index in [1.165, 1.54) is 6.33 Å². The monoisotopic (exact) mass is 522 g/mol. The van der Waals surface area contributed by atoms with Gasteiger partial charge in [0.15, 0.2) is 11.2 Å². The van der Waals surface area contributed by atoms with E-state index >= 15 is 0 Å². The Kier molecular flexibility index (Phi) is 7.91. The Balaban J connectivity index is 1.63. The number of nitrogens with one attached hydrogen (secondary N) is 1. The largest absolute Gasteiger partial charge is 0.491 e. The average Bonchev–Trinajstić information content (AvgIpc) is 3.26. The number of aromatic nitrogens is 4. The van der Waals surface area contributed by atoms with Crippen LogP contribution in [0.25, 0.3) is 21.9 Å². The average molecular weight is 523 g/mol. The van der Waals surface area contributed by atoms with E-state index in [4.69, 9.17) is 24.7 Å². The summed E-state index contributed by atoms with van der Waals surface area (Å²) in [5.41, 5.74) is 6.15. The summed E-state index contributed by atoms with van der Waals surface area (Å²) >= 11 is 0. The Hall–Kier alpha value is -4.45. The van der Waals surface area contributed by atoms with Gasteiger partial charge in [-0.15, -0.1) is 0 Å². The predicted molar refractivity (Wildman–Crippen MR) is 139 cm³/mol. The lowest BCUT2D eigenvalue weighted by Crippen LogP contribution is -2.44. The number of methoxy groups -OCH3 is 1. The highest BCUT2D eigenvalue weighted by atomic mass is 16.6. The van der Waals surface area contributed by atoms with Crippen LogP contribution in [0.4, 0.5) is 9.59 Å². The number of imidazole rings is 1. The van der Waals surface area contributed by atoms with Gasteiger partial charge in [-0.2, -0.15) is 4.98 Å². The van der Waals surface area contributed by atoms with E-state index in [0.717, 1.165) is 16.3 Å². The molecule has 2 heterocycles. The SMILES string of the molecule is COCC(COc1ccc2ccccc2c1Cn1cnc2c(OC(N)=O)ncnc21)NC(=O)OC(C)(C)C. The summed E-state index contributed by atoms with van der Waals surface area (Å²) < 4.78 is 23.6. The molecular formula is C26H30N6O6. The number of nitrogens with two attached hydrogens (primary N) is 1. The molecule has 12 nitrogen and oxygen atoms in total. The molecule has 0 radical (unpaired) electrons. The molecule has 1 atom stereocenters. The molecule has 0 spiro atoms. The van der Waals surface area contributed by atoms with Gasteiger partial charge in [0.05, 0.1) is 25.5 Å². The van der Waals surface area contributed by atoms with Gasteiger partial charge in [0, 0.05) is 12.7 Å². The van der Waals surface area contributed by atoms with Crippen molar-refractivity contribution in [2.24, 2.45) is 5.73 Å². The maximum atomic E-state index is 12.3. The van der Waals surface area contributed by atoms with Gasteiger partial charge in [-0.05, 0) is 37.6 Å². The summed E-state index contributed by atoms with van der Waals surface area (Å²) in [7, 11) is 1.55. The molecule has 4 aromatic rings. The summed E-state index contributed by atoms with van der Waals surface area (Å²) in [6.07, 6.45) is 1.31. The number of alkyl carbamates (subject to hydrolysis) is 1. The van der Waals surface area contributed by atoms with Crippen molar-refractivity contribution in [1.29, 1.82) is 0 Å². The van der Waals surface area contributed by atoms with E-state index < -0.39 is 23.8 Å². The number of nitrogens with zero attached hydrogens (tertiary/aromatic N) is 4. The van der Waals surface area contributed by atoms with Crippen molar-refractivity contribution >= 4 is 34.1 Å². The van der Waals surface area contributed by atoms with Gasteiger partial charge in [-0.25, -0.2) is 19.6 Å². The molecule has 0 bridgehead atoms. The van der Waals surface area contributed by atoms with Gasteiger partial charge in [0.25, 0.3) is 5.88 Å². The number of benzene rings is 2. The molecule has 2 aromatic carbocycles. The van der Waals surface area contributed by atoms with Gasteiger partial charge in [0.1, 0.15) is 24.3 Å². The van der Waals surface area contributed by atoms with Crippen LogP contribution in [0.3, 0.4) is 0 Å². The summed E-state index contributed by atoms with van der Waals surface area (Å²) in [6.45, 7) is 6.10. The Morgan fingerprint density at radius 2 is 1.87 bits per heavy atom. The molecule has 0 saturated carbocycles. The normalized spacial score (nSPS) is 12.3. The number of fused-ring (bicyclic) bond motifs is 2. The second kappa shape index (κ2) is 11.3. The number of ether oxygens (including phenoxy) is 4. The van der Waals surface area contributed by atoms with Crippen LogP contribution >= 0.6 is 0 Å². The maximum Gasteiger partial charge on any atom is 0.411 e. The van der Waals surface area contributed by atoms with Gasteiger partial charge < -0.3 is 34.6 Å². The maximum absolute atomic E-state index is 12.3. The number of rotatable bonds is 9. The Morgan fingerprint density at radius 1 is 1.08 bits per heavy atom. The van der Waals surface area contributed by atoms with Crippen molar-refractivity contribution in [2.75, 3.05) is 20.3 Å². The van der Waals surface area contributed by atoms with Crippen LogP contribution in [0.1, 0.15) is 26.3 Å². The number of amides is 2. The van der Waals surface area contributed by atoms with Crippen LogP contribution in [0.2, 0.25) is 0 Å². The van der Waals surface area contributed by atoms with Crippen molar-refractivity contribution in [1.82, 2.24) is 24.8 Å². The molecule has 3 N–H and O–H groups in total. The smallest absolute Gasteiger partial charge is 0.411 e. The highest BCUT2D eigenvalue weighted by Gasteiger charge is 2.21. The van der Waals surface area contributed by atoms with Crippen LogP contribution in [-0.4, -0.2) is 63.7 Å². The van der Waals surface area contributed by atoms with E-state index in [1.54, 1.807) is 38.8 Å². The third-order valence-corrected chi connectivity index (χ3v) is 5.42. The van der Waals surface area contributed by atoms with Crippen LogP contribution < -0.4 is 20.5 Å². The first-order valence-electron chi connectivity index (χ1n) is 11.9. The van der Waals surface area contributed by atoms with Crippen molar-refractivity contribution in [3.63, 3.8) is 0 Å². The number of carbonyl (C=O) groups excluding carboxylic acids is 2. The Morgan fingerprint density at radius 3 is 2.61 bits per heavy atom. The van der Waals surface area contributed by atoms with Gasteiger partial charge in [0.2, 0.25) is 0 Å². The van der Waals surface area contributed by atoms with Crippen LogP contribution in [-0.2, 0) is 16.0 Å². The van der Waals surface area contributed by atoms with Crippen LogP contribution in [0.5, 0.6) is 11.6 Å². The number of hydrogen-bond acceptors (Lipinski definition) is 9. The first kappa shape index (κ1) is 26.6. The molecule has 1 unspecified atom stereocenters. The summed E-state index contributed by atoms with van der Waals surface area (Å²) in [5.74, 6) is 0.589. The molecule has 38 heavy (non-hydrogen) atoms. The number of primary amides is 1. The van der Waals surface area contributed by atoms with Gasteiger partial charge in [-0.1, -0.05) is 30.3 Å². The molecule has 2 aromatic heterocycles. The molecule has 0 fully saturated rings. The lowest BCUT2D eigenvalue weighted by Gasteiger charge is -2.24. The van der Waals surface area contributed by atoms with E-state index in [1.807, 2.05) is 36.4 Å². The number of hydrogen-bond donors (Lipinski definition) is 2. The molecule has 0 aliphatic heterocycles. The predicted octanol–water partition coefficient (Wildman–Crippen LogP) is 3.40. The molecule has 0 saturated heterocycles. The molecular weight excluding hydrogens is 492 g/mol. The van der Waals surface area contributed by atoms with Gasteiger partial charge >= 0.3 is 12.2 Å². The van der Waals surface area contributed by atoms with Crippen LogP contribution in [0.15, 0.2) is 49.1 Å². The van der Waals surface area contributed by atoms with Crippen molar-refractivity contribution in [2.45, 2.75) is 39.0 Å². The third-order valence-electron chi connectivity index (χ3n) is 5.42. The molecule has 200 valence electrons. The summed E-state index contributed by atoms with van der Waals surface area (Å²) in [4.78, 5) is 36.2. The van der Waals surface area contributed by atoms with Crippen molar-refractivity contribution < 1.29 is 28.5 Å². The van der Waals surface area contributed by atoms with E-state index in [-0.39, 0.29) is 19.1 Å². The number of carbonyl (C=O) groups is 2. The topological polar surface area (TPSA) is 153 Å². The minimum Gasteiger partial charge on any atom is -0.491 e. The zero-order chi connectivity index (χ0) is 27.3. The second-order valence-electron chi connectivity index (χ2n) is 9.52. The molecule has 0 aliphatic rings. The van der Waals surface area contributed by atoms with E-state index in [9.17, 15) is 9.59 Å². The molecule has 0 aliphatic carbocycles. The zero-order valence-corrected chi connectivity index (χ0v) is 21.6. The molecule has 12 heteroatoms. The highest BCUT2D eigenvalue weighted by Crippen LogP contribution is 2.30. The first-order chi connectivity index (χ1) is 18.1. The minimum atomic E-state index is -0.991. The van der Waals surface area contributed by atoms with Gasteiger partial charge in [-0.3, -0.25) is 0 Å². The zero-order valence-electron chi connectivity index (χ0n) is 21.6. The third kappa shape index (κ3) is 6.45. The minimum absolute atomic E-state index is 0.0220. The molecule has 2 amide bonds. The van der Waals surface area contributed by atoms with Crippen molar-refractivity contribution in [3.8, 4) is 11.6 Å². The Labute approximate surface area is 219 Å². The quantitative estimate of drug-likeness (QED) is 0.337. The fourth-order valence-electron chi connectivity index (χ4n) is 3.93. The summed E-state index contributed by atoms with van der Waals surface area (Å²) in [5, 5.41) is 4.79. The van der Waals surface area contributed by atoms with E-state index in [2.05, 4.69) is 20.3 Å². The fourth-order valence-corrected chi connectivity index (χ4v) is 3.93. The van der Waals surface area contributed by atoms with Crippen molar-refractivity contribution in [3.05, 3.63) is 54.6 Å². The standard InChI is InChI=1S/C26H30N6O6/c1-26(2,3)38-25(34)31-17(12-35-4)13-36-20-10-9-16-7-5-6-8-18(16)19(20)11-32-15-30-21-22(32)28-14-29-23(21)37-24(27)33/h5-10,14-15,17H,11-13H2,1-4H3,(H2,27,33)(H,31,34). The Bertz CT molecular complexity index is 1450. The van der Waals surface area contributed by atoms with E-state index in [0.29, 0.717) is 23.5 Å². The fraction of sp³-hybridized carbons (Fsp3) is 0.346. The highest BCUT2D eigenvalue weighted by molar-refractivity contribution is 5.88. The second-order valence-corrected chi connectivity index (χ2v) is 9.52. The van der Waals surface area contributed by atoms with Crippen LogP contribution in [0, 0.1) is 0 Å². The summed E-state index contributed by atoms with van der Waals surface area (Å²) in [6, 6.07) is 11.3. The lowest BCUT2D eigenvalue weighted by molar-refractivity contribution is 0.0438.